The zero-order chi connectivity index (χ0) is 18.8. The van der Waals surface area contributed by atoms with E-state index in [2.05, 4.69) is 27.1 Å². The van der Waals surface area contributed by atoms with Gasteiger partial charge in [-0.1, -0.05) is 6.42 Å². The molecule has 0 spiro atoms. The van der Waals surface area contributed by atoms with Crippen LogP contribution < -0.4 is 10.6 Å². The summed E-state index contributed by atoms with van der Waals surface area (Å²) in [4.78, 5) is 4.75. The van der Waals surface area contributed by atoms with E-state index in [0.29, 0.717) is 12.6 Å². The molecule has 1 aliphatic carbocycles. The molecule has 1 saturated carbocycles. The van der Waals surface area contributed by atoms with Crippen molar-refractivity contribution >= 4 is 17.7 Å². The Kier molecular flexibility index (Phi) is 9.25. The second-order valence-corrected chi connectivity index (χ2v) is 7.87. The first-order valence-electron chi connectivity index (χ1n) is 9.64. The number of aliphatic imine (C=N–C) groups is 1. The van der Waals surface area contributed by atoms with Crippen LogP contribution >= 0.6 is 11.8 Å². The van der Waals surface area contributed by atoms with Gasteiger partial charge in [-0.25, -0.2) is 4.99 Å². The van der Waals surface area contributed by atoms with Gasteiger partial charge >= 0.3 is 0 Å². The van der Waals surface area contributed by atoms with Gasteiger partial charge in [-0.15, -0.1) is 10.2 Å². The molecule has 148 valence electrons. The minimum atomic E-state index is 0.487. The summed E-state index contributed by atoms with van der Waals surface area (Å²) in [5.74, 6) is 2.65. The second-order valence-electron chi connectivity index (χ2n) is 6.73. The highest BCUT2D eigenvalue weighted by atomic mass is 32.2. The summed E-state index contributed by atoms with van der Waals surface area (Å²) in [6.45, 7) is 6.89. The van der Waals surface area contributed by atoms with Crippen LogP contribution in [0.3, 0.4) is 0 Å². The zero-order valence-electron chi connectivity index (χ0n) is 16.6. The van der Waals surface area contributed by atoms with Gasteiger partial charge in [-0.2, -0.15) is 11.8 Å². The van der Waals surface area contributed by atoms with Crippen LogP contribution in [0.2, 0.25) is 0 Å². The van der Waals surface area contributed by atoms with E-state index in [-0.39, 0.29) is 0 Å². The van der Waals surface area contributed by atoms with Gasteiger partial charge in [-0.05, 0) is 45.8 Å². The molecule has 1 aromatic heterocycles. The molecular formula is C18H34N6OS. The summed E-state index contributed by atoms with van der Waals surface area (Å²) in [6, 6.07) is 0.487. The normalized spacial score (nSPS) is 21.0. The molecule has 1 heterocycles. The monoisotopic (exact) mass is 382 g/mol. The number of thioether (sulfide) groups is 1. The molecule has 26 heavy (non-hydrogen) atoms. The minimum absolute atomic E-state index is 0.487. The van der Waals surface area contributed by atoms with Crippen molar-refractivity contribution in [1.82, 2.24) is 25.4 Å². The number of hydrogen-bond acceptors (Lipinski definition) is 5. The van der Waals surface area contributed by atoms with Crippen molar-refractivity contribution in [1.29, 1.82) is 0 Å². The number of aromatic nitrogens is 3. The lowest BCUT2D eigenvalue weighted by Crippen LogP contribution is -2.46. The van der Waals surface area contributed by atoms with Crippen molar-refractivity contribution in [3.63, 3.8) is 0 Å². The highest BCUT2D eigenvalue weighted by Gasteiger charge is 2.22. The summed E-state index contributed by atoms with van der Waals surface area (Å²) >= 11 is 1.98. The molecule has 0 saturated heterocycles. The first kappa shape index (κ1) is 21.0. The molecule has 1 aromatic rings. The molecule has 2 unspecified atom stereocenters. The maximum Gasteiger partial charge on any atom is 0.191 e. The van der Waals surface area contributed by atoms with Gasteiger partial charge in [0.2, 0.25) is 0 Å². The van der Waals surface area contributed by atoms with Crippen LogP contribution in [0.1, 0.15) is 50.7 Å². The molecule has 8 heteroatoms. The average molecular weight is 383 g/mol. The fraction of sp³-hybridized carbons (Fsp3) is 0.833. The quantitative estimate of drug-likeness (QED) is 0.388. The molecule has 7 nitrogen and oxygen atoms in total. The van der Waals surface area contributed by atoms with Gasteiger partial charge in [-0.3, -0.25) is 0 Å². The van der Waals surface area contributed by atoms with E-state index in [9.17, 15) is 0 Å². The van der Waals surface area contributed by atoms with Crippen LogP contribution in [0.15, 0.2) is 4.99 Å². The first-order valence-corrected chi connectivity index (χ1v) is 10.9. The number of guanidine groups is 1. The summed E-state index contributed by atoms with van der Waals surface area (Å²) in [7, 11) is 1.98. The summed E-state index contributed by atoms with van der Waals surface area (Å²) < 4.78 is 7.40. The van der Waals surface area contributed by atoms with E-state index >= 15 is 0 Å². The van der Waals surface area contributed by atoms with Gasteiger partial charge in [0.05, 0.1) is 0 Å². The van der Waals surface area contributed by atoms with Crippen LogP contribution in [0, 0.1) is 6.92 Å². The van der Waals surface area contributed by atoms with E-state index in [0.717, 1.165) is 49.0 Å². The third kappa shape index (κ3) is 6.79. The number of nitrogens with one attached hydrogen (secondary N) is 2. The van der Waals surface area contributed by atoms with Gasteiger partial charge in [0.25, 0.3) is 0 Å². The molecule has 0 aromatic carbocycles. The minimum Gasteiger partial charge on any atom is -0.382 e. The summed E-state index contributed by atoms with van der Waals surface area (Å²) in [5, 5.41) is 16.2. The van der Waals surface area contributed by atoms with Crippen molar-refractivity contribution in [2.75, 3.05) is 26.0 Å². The van der Waals surface area contributed by atoms with E-state index < -0.39 is 0 Å². The molecule has 0 radical (unpaired) electrons. The molecule has 0 amide bonds. The Morgan fingerprint density at radius 2 is 2.23 bits per heavy atom. The predicted molar refractivity (Wildman–Crippen MR) is 109 cm³/mol. The van der Waals surface area contributed by atoms with Crippen LogP contribution in [-0.2, 0) is 18.3 Å². The van der Waals surface area contributed by atoms with Gasteiger partial charge in [0, 0.05) is 38.1 Å². The van der Waals surface area contributed by atoms with Crippen molar-refractivity contribution in [3.8, 4) is 0 Å². The highest BCUT2D eigenvalue weighted by Crippen LogP contribution is 2.26. The predicted octanol–water partition coefficient (Wildman–Crippen LogP) is 2.26. The Morgan fingerprint density at radius 3 is 2.92 bits per heavy atom. The largest absolute Gasteiger partial charge is 0.382 e. The van der Waals surface area contributed by atoms with E-state index in [1.54, 1.807) is 0 Å². The number of aryl methyl sites for hydroxylation is 1. The van der Waals surface area contributed by atoms with Crippen LogP contribution in [0.25, 0.3) is 0 Å². The molecule has 2 atom stereocenters. The Bertz CT molecular complexity index is 562. The molecule has 1 aliphatic rings. The number of rotatable bonds is 9. The van der Waals surface area contributed by atoms with Crippen LogP contribution in [0.4, 0.5) is 0 Å². The number of hydrogen-bond donors (Lipinski definition) is 2. The highest BCUT2D eigenvalue weighted by molar-refractivity contribution is 7.99. The number of nitrogens with zero attached hydrogens (tertiary/aromatic N) is 4. The van der Waals surface area contributed by atoms with Crippen molar-refractivity contribution in [3.05, 3.63) is 11.6 Å². The lowest BCUT2D eigenvalue weighted by atomic mass is 9.95. The summed E-state index contributed by atoms with van der Waals surface area (Å²) in [5.41, 5.74) is 0. The van der Waals surface area contributed by atoms with Crippen molar-refractivity contribution in [2.45, 2.75) is 63.8 Å². The van der Waals surface area contributed by atoms with Crippen LogP contribution in [0.5, 0.6) is 0 Å². The first-order chi connectivity index (χ1) is 12.6. The smallest absolute Gasteiger partial charge is 0.191 e. The summed E-state index contributed by atoms with van der Waals surface area (Å²) in [6.07, 6.45) is 8.19. The third-order valence-electron chi connectivity index (χ3n) is 4.82. The van der Waals surface area contributed by atoms with E-state index in [1.807, 2.05) is 37.2 Å². The maximum absolute atomic E-state index is 5.42. The molecule has 2 N–H and O–H groups in total. The van der Waals surface area contributed by atoms with Gasteiger partial charge < -0.3 is 19.9 Å². The molecule has 0 bridgehead atoms. The second kappa shape index (κ2) is 11.4. The van der Waals surface area contributed by atoms with E-state index in [1.165, 1.54) is 25.7 Å². The standard InChI is InChI=1S/C18H34N6OS/c1-5-25-11-7-10-19-18(20-13-17-23-22-14(2)24(17)3)21-15-8-6-9-16(12-15)26-4/h15-16H,5-13H2,1-4H3,(H2,19,20,21). The lowest BCUT2D eigenvalue weighted by molar-refractivity contribution is 0.145. The Balaban J connectivity index is 1.93. The Morgan fingerprint density at radius 1 is 1.38 bits per heavy atom. The van der Waals surface area contributed by atoms with Gasteiger partial charge in [0.1, 0.15) is 12.4 Å². The van der Waals surface area contributed by atoms with Gasteiger partial charge in [0.15, 0.2) is 11.8 Å². The average Bonchev–Trinajstić information content (AvgIpc) is 2.98. The molecule has 0 aliphatic heterocycles. The SMILES string of the molecule is CCOCCCNC(=NCc1nnc(C)n1C)NC1CCCC(SC)C1. The molecular weight excluding hydrogens is 348 g/mol. The molecule has 2 rings (SSSR count). The number of ether oxygens (including phenoxy) is 1. The van der Waals surface area contributed by atoms with Crippen molar-refractivity contribution in [2.24, 2.45) is 12.0 Å². The zero-order valence-corrected chi connectivity index (χ0v) is 17.4. The third-order valence-corrected chi connectivity index (χ3v) is 5.92. The topological polar surface area (TPSA) is 76.4 Å². The fourth-order valence-electron chi connectivity index (χ4n) is 3.10. The van der Waals surface area contributed by atoms with Crippen molar-refractivity contribution < 1.29 is 4.74 Å². The fourth-order valence-corrected chi connectivity index (χ4v) is 3.93. The molecule has 1 fully saturated rings. The van der Waals surface area contributed by atoms with E-state index in [4.69, 9.17) is 9.73 Å². The lowest BCUT2D eigenvalue weighted by Gasteiger charge is -2.30. The Hall–Kier alpha value is -1.28. The maximum atomic E-state index is 5.42. The van der Waals surface area contributed by atoms with Crippen LogP contribution in [-0.4, -0.2) is 58.0 Å². The Labute approximate surface area is 161 Å².